The average Bonchev–Trinajstić information content (AvgIpc) is 3.17. The molecule has 0 fully saturated rings. The lowest BCUT2D eigenvalue weighted by Gasteiger charge is -2.20. The topological polar surface area (TPSA) is 166 Å². The van der Waals surface area contributed by atoms with Crippen molar-refractivity contribution in [3.63, 3.8) is 0 Å². The van der Waals surface area contributed by atoms with E-state index >= 15 is 0 Å². The minimum absolute atomic E-state index is 0.00586. The molecular formula is C22H31N5O5S. The summed E-state index contributed by atoms with van der Waals surface area (Å²) in [6.45, 7) is 3.41. The van der Waals surface area contributed by atoms with Crippen molar-refractivity contribution < 1.29 is 24.3 Å². The molecule has 3 atom stereocenters. The number of aliphatic carboxylic acids is 1. The second-order valence-corrected chi connectivity index (χ2v) is 8.58. The van der Waals surface area contributed by atoms with Crippen molar-refractivity contribution in [2.45, 2.75) is 44.8 Å². The number of hydrogen-bond donors (Lipinski definition) is 7. The molecule has 1 aromatic heterocycles. The summed E-state index contributed by atoms with van der Waals surface area (Å²) in [5, 5.41) is 17.7. The van der Waals surface area contributed by atoms with E-state index in [1.54, 1.807) is 6.20 Å². The Labute approximate surface area is 197 Å². The van der Waals surface area contributed by atoms with Crippen LogP contribution < -0.4 is 21.7 Å². The number of carboxylic acid groups (broad SMARTS) is 1. The molecule has 0 saturated heterocycles. The summed E-state index contributed by atoms with van der Waals surface area (Å²) in [7, 11) is 0. The van der Waals surface area contributed by atoms with Gasteiger partial charge in [0, 0.05) is 29.3 Å². The maximum absolute atomic E-state index is 12.4. The van der Waals surface area contributed by atoms with Crippen LogP contribution in [0.15, 0.2) is 30.5 Å². The van der Waals surface area contributed by atoms with Crippen LogP contribution in [0, 0.1) is 5.92 Å². The number of thiol groups is 1. The molecule has 33 heavy (non-hydrogen) atoms. The molecule has 2 aromatic rings. The fraction of sp³-hybridized carbons (Fsp3) is 0.455. The van der Waals surface area contributed by atoms with E-state index in [9.17, 15) is 24.3 Å². The number of carbonyl (C=O) groups is 4. The van der Waals surface area contributed by atoms with Gasteiger partial charge in [0.25, 0.3) is 0 Å². The normalized spacial score (nSPS) is 13.8. The van der Waals surface area contributed by atoms with Gasteiger partial charge in [-0.1, -0.05) is 32.0 Å². The summed E-state index contributed by atoms with van der Waals surface area (Å²) < 4.78 is 0. The third-order valence-electron chi connectivity index (χ3n) is 5.03. The molecule has 11 heteroatoms. The first-order chi connectivity index (χ1) is 15.6. The smallest absolute Gasteiger partial charge is 0.326 e. The van der Waals surface area contributed by atoms with Gasteiger partial charge in [0.05, 0.1) is 12.6 Å². The predicted octanol–water partition coefficient (Wildman–Crippen LogP) is 0.184. The van der Waals surface area contributed by atoms with Crippen molar-refractivity contribution in [3.8, 4) is 0 Å². The van der Waals surface area contributed by atoms with Crippen LogP contribution in [0.5, 0.6) is 0 Å². The first-order valence-corrected chi connectivity index (χ1v) is 11.3. The Bertz CT molecular complexity index is 992. The monoisotopic (exact) mass is 477 g/mol. The summed E-state index contributed by atoms with van der Waals surface area (Å²) in [6, 6.07) is 4.52. The fourth-order valence-electron chi connectivity index (χ4n) is 3.34. The van der Waals surface area contributed by atoms with Crippen LogP contribution in [0.2, 0.25) is 0 Å². The number of hydrogen-bond acceptors (Lipinski definition) is 6. The zero-order chi connectivity index (χ0) is 24.5. The second kappa shape index (κ2) is 12.3. The summed E-state index contributed by atoms with van der Waals surface area (Å²) in [4.78, 5) is 51.6. The van der Waals surface area contributed by atoms with Gasteiger partial charge in [0.2, 0.25) is 17.7 Å². The molecule has 0 bridgehead atoms. The van der Waals surface area contributed by atoms with Gasteiger partial charge in [-0.15, -0.1) is 0 Å². The second-order valence-electron chi connectivity index (χ2n) is 8.22. The zero-order valence-electron chi connectivity index (χ0n) is 18.6. The Balaban J connectivity index is 1.90. The van der Waals surface area contributed by atoms with Gasteiger partial charge in [-0.25, -0.2) is 4.79 Å². The zero-order valence-corrected chi connectivity index (χ0v) is 19.5. The minimum atomic E-state index is -1.19. The number of H-pyrrole nitrogens is 1. The lowest BCUT2D eigenvalue weighted by atomic mass is 10.0. The van der Waals surface area contributed by atoms with Gasteiger partial charge >= 0.3 is 5.97 Å². The van der Waals surface area contributed by atoms with E-state index in [0.717, 1.165) is 16.5 Å². The first-order valence-electron chi connectivity index (χ1n) is 10.6. The highest BCUT2D eigenvalue weighted by Gasteiger charge is 2.25. The van der Waals surface area contributed by atoms with Crippen molar-refractivity contribution in [1.29, 1.82) is 0 Å². The average molecular weight is 478 g/mol. The highest BCUT2D eigenvalue weighted by molar-refractivity contribution is 7.80. The number of rotatable bonds is 12. The summed E-state index contributed by atoms with van der Waals surface area (Å²) in [6.07, 6.45) is 2.24. The molecule has 0 aliphatic heterocycles. The van der Waals surface area contributed by atoms with E-state index in [1.165, 1.54) is 0 Å². The Kier molecular flexibility index (Phi) is 9.74. The number of benzene rings is 1. The highest BCUT2D eigenvalue weighted by Crippen LogP contribution is 2.19. The Morgan fingerprint density at radius 3 is 2.42 bits per heavy atom. The van der Waals surface area contributed by atoms with Crippen LogP contribution in [0.3, 0.4) is 0 Å². The van der Waals surface area contributed by atoms with Crippen molar-refractivity contribution in [2.24, 2.45) is 11.7 Å². The van der Waals surface area contributed by atoms with E-state index < -0.39 is 48.4 Å². The standard InChI is InChI=1S/C22H31N5O5S/c1-12(2)7-15(23)20(29)27-18(11-33)21(30)25-10-19(28)26-17(22(31)32)8-13-9-24-16-6-4-3-5-14(13)16/h3-6,9,12,15,17-18,24,33H,7-8,10-11,23H2,1-2H3,(H,25,30)(H,26,28)(H,27,29)(H,31,32). The molecule has 180 valence electrons. The maximum Gasteiger partial charge on any atom is 0.326 e. The van der Waals surface area contributed by atoms with Gasteiger partial charge in [-0.2, -0.15) is 12.6 Å². The fourth-order valence-corrected chi connectivity index (χ4v) is 3.60. The predicted molar refractivity (Wildman–Crippen MR) is 128 cm³/mol. The van der Waals surface area contributed by atoms with E-state index in [4.69, 9.17) is 5.73 Å². The number of carboxylic acids is 1. The summed E-state index contributed by atoms with van der Waals surface area (Å²) >= 11 is 4.08. The summed E-state index contributed by atoms with van der Waals surface area (Å²) in [5.41, 5.74) is 7.44. The summed E-state index contributed by atoms with van der Waals surface area (Å²) in [5.74, 6) is -2.74. The quantitative estimate of drug-likeness (QED) is 0.215. The van der Waals surface area contributed by atoms with Gasteiger partial charge in [0.15, 0.2) is 0 Å². The molecule has 1 aromatic carbocycles. The number of para-hydroxylation sites is 1. The molecule has 10 nitrogen and oxygen atoms in total. The molecule has 3 amide bonds. The molecule has 0 radical (unpaired) electrons. The number of amides is 3. The Hall–Kier alpha value is -3.05. The number of nitrogens with one attached hydrogen (secondary N) is 4. The van der Waals surface area contributed by atoms with Gasteiger partial charge in [-0.3, -0.25) is 14.4 Å². The number of fused-ring (bicyclic) bond motifs is 1. The van der Waals surface area contributed by atoms with E-state index in [2.05, 4.69) is 33.6 Å². The first kappa shape index (κ1) is 26.2. The van der Waals surface area contributed by atoms with Gasteiger partial charge in [0.1, 0.15) is 12.1 Å². The maximum atomic E-state index is 12.4. The molecule has 1 heterocycles. The van der Waals surface area contributed by atoms with Crippen LogP contribution >= 0.6 is 12.6 Å². The van der Waals surface area contributed by atoms with E-state index in [0.29, 0.717) is 6.42 Å². The number of aromatic amines is 1. The largest absolute Gasteiger partial charge is 0.480 e. The lowest BCUT2D eigenvalue weighted by Crippen LogP contribution is -2.54. The highest BCUT2D eigenvalue weighted by atomic mass is 32.1. The van der Waals surface area contributed by atoms with Crippen LogP contribution in [-0.2, 0) is 25.6 Å². The van der Waals surface area contributed by atoms with E-state index in [1.807, 2.05) is 38.1 Å². The SMILES string of the molecule is CC(C)CC(N)C(=O)NC(CS)C(=O)NCC(=O)NC(Cc1c[nH]c2ccccc12)C(=O)O. The molecular weight excluding hydrogens is 446 g/mol. The van der Waals surface area contributed by atoms with Crippen molar-refractivity contribution in [1.82, 2.24) is 20.9 Å². The van der Waals surface area contributed by atoms with Crippen LogP contribution in [-0.4, -0.2) is 64.2 Å². The van der Waals surface area contributed by atoms with Gasteiger partial charge < -0.3 is 31.8 Å². The lowest BCUT2D eigenvalue weighted by molar-refractivity contribution is -0.141. The number of aromatic nitrogens is 1. The molecule has 0 saturated carbocycles. The van der Waals surface area contributed by atoms with E-state index in [-0.39, 0.29) is 18.1 Å². The van der Waals surface area contributed by atoms with Gasteiger partial charge in [-0.05, 0) is 24.0 Å². The number of carbonyl (C=O) groups excluding carboxylic acids is 3. The van der Waals surface area contributed by atoms with Crippen LogP contribution in [0.25, 0.3) is 10.9 Å². The Morgan fingerprint density at radius 1 is 1.09 bits per heavy atom. The Morgan fingerprint density at radius 2 is 1.79 bits per heavy atom. The molecule has 2 rings (SSSR count). The molecule has 0 aliphatic rings. The van der Waals surface area contributed by atoms with Crippen molar-refractivity contribution in [2.75, 3.05) is 12.3 Å². The third kappa shape index (κ3) is 7.79. The number of nitrogens with two attached hydrogens (primary N) is 1. The molecule has 7 N–H and O–H groups in total. The van der Waals surface area contributed by atoms with Crippen LogP contribution in [0.4, 0.5) is 0 Å². The molecule has 3 unspecified atom stereocenters. The molecule has 0 aliphatic carbocycles. The third-order valence-corrected chi connectivity index (χ3v) is 5.40. The van der Waals surface area contributed by atoms with Crippen molar-refractivity contribution in [3.05, 3.63) is 36.0 Å². The minimum Gasteiger partial charge on any atom is -0.480 e. The van der Waals surface area contributed by atoms with Crippen molar-refractivity contribution >= 4 is 47.2 Å². The van der Waals surface area contributed by atoms with Crippen LogP contribution in [0.1, 0.15) is 25.8 Å². The molecule has 0 spiro atoms.